The van der Waals surface area contributed by atoms with E-state index in [2.05, 4.69) is 4.90 Å². The largest absolute Gasteiger partial charge is 0.490 e. The van der Waals surface area contributed by atoms with Gasteiger partial charge in [0.1, 0.15) is 5.82 Å². The van der Waals surface area contributed by atoms with Gasteiger partial charge in [-0.15, -0.1) is 0 Å². The number of hydrogen-bond donors (Lipinski definition) is 1. The molecule has 1 aromatic rings. The Hall–Kier alpha value is -1.71. The molecular formula is C18H23F4NO4. The molecule has 3 rings (SSSR count). The fraction of sp³-hybridized carbons (Fsp3) is 0.611. The van der Waals surface area contributed by atoms with Crippen LogP contribution in [0.2, 0.25) is 0 Å². The van der Waals surface area contributed by atoms with Gasteiger partial charge in [0.05, 0.1) is 18.3 Å². The number of carboxylic acid groups (broad SMARTS) is 1. The zero-order chi connectivity index (χ0) is 20.1. The Morgan fingerprint density at radius 1 is 1.33 bits per heavy atom. The molecule has 2 fully saturated rings. The van der Waals surface area contributed by atoms with E-state index in [0.29, 0.717) is 13.2 Å². The second kappa shape index (κ2) is 8.99. The molecule has 0 amide bonds. The van der Waals surface area contributed by atoms with Gasteiger partial charge in [0.15, 0.2) is 0 Å². The first-order chi connectivity index (χ1) is 12.6. The third kappa shape index (κ3) is 6.15. The lowest BCUT2D eigenvalue weighted by Gasteiger charge is -2.38. The summed E-state index contributed by atoms with van der Waals surface area (Å²) in [5, 5.41) is 7.12. The summed E-state index contributed by atoms with van der Waals surface area (Å²) in [4.78, 5) is 11.2. The number of carbonyl (C=O) groups is 1. The normalized spacial score (nSPS) is 22.3. The van der Waals surface area contributed by atoms with E-state index in [-0.39, 0.29) is 17.5 Å². The van der Waals surface area contributed by atoms with Gasteiger partial charge in [0, 0.05) is 38.7 Å². The molecule has 5 nitrogen and oxygen atoms in total. The molecule has 1 atom stereocenters. The third-order valence-electron chi connectivity index (χ3n) is 4.87. The van der Waals surface area contributed by atoms with Crippen LogP contribution >= 0.6 is 0 Å². The minimum atomic E-state index is -5.08. The molecule has 0 bridgehead atoms. The quantitative estimate of drug-likeness (QED) is 0.799. The lowest BCUT2D eigenvalue weighted by molar-refractivity contribution is -0.192. The molecule has 9 heteroatoms. The molecule has 2 heterocycles. The molecule has 0 saturated carbocycles. The van der Waals surface area contributed by atoms with Crippen LogP contribution < -0.4 is 0 Å². The number of piperidine rings is 1. The molecule has 27 heavy (non-hydrogen) atoms. The van der Waals surface area contributed by atoms with Crippen molar-refractivity contribution in [3.05, 3.63) is 35.6 Å². The van der Waals surface area contributed by atoms with Crippen LogP contribution in [0.3, 0.4) is 0 Å². The number of rotatable bonds is 3. The van der Waals surface area contributed by atoms with Crippen LogP contribution in [-0.2, 0) is 20.8 Å². The van der Waals surface area contributed by atoms with Gasteiger partial charge >= 0.3 is 12.1 Å². The second-order valence-electron chi connectivity index (χ2n) is 6.73. The van der Waals surface area contributed by atoms with Crippen LogP contribution in [0.1, 0.15) is 24.8 Å². The van der Waals surface area contributed by atoms with Crippen molar-refractivity contribution in [1.82, 2.24) is 4.90 Å². The van der Waals surface area contributed by atoms with Crippen LogP contribution in [0.25, 0.3) is 0 Å². The number of likely N-dealkylation sites (tertiary alicyclic amines) is 1. The number of ether oxygens (including phenoxy) is 2. The van der Waals surface area contributed by atoms with Crippen molar-refractivity contribution >= 4 is 5.97 Å². The van der Waals surface area contributed by atoms with Crippen molar-refractivity contribution in [3.63, 3.8) is 0 Å². The van der Waals surface area contributed by atoms with E-state index in [9.17, 15) is 17.6 Å². The maximum atomic E-state index is 13.7. The van der Waals surface area contributed by atoms with Gasteiger partial charge in [-0.05, 0) is 18.9 Å². The number of halogens is 4. The molecule has 2 saturated heterocycles. The summed E-state index contributed by atoms with van der Waals surface area (Å²) < 4.78 is 56.8. The predicted octanol–water partition coefficient (Wildman–Crippen LogP) is 3.23. The van der Waals surface area contributed by atoms with Gasteiger partial charge in [0.2, 0.25) is 0 Å². The van der Waals surface area contributed by atoms with Crippen LogP contribution in [0.15, 0.2) is 24.3 Å². The number of methoxy groups -OCH3 is 1. The zero-order valence-corrected chi connectivity index (χ0v) is 15.0. The molecule has 1 spiro atoms. The first-order valence-electron chi connectivity index (χ1n) is 8.58. The second-order valence-corrected chi connectivity index (χ2v) is 6.73. The van der Waals surface area contributed by atoms with E-state index in [1.165, 1.54) is 6.07 Å². The van der Waals surface area contributed by atoms with Crippen molar-refractivity contribution in [2.75, 3.05) is 26.8 Å². The van der Waals surface area contributed by atoms with Gasteiger partial charge in [-0.25, -0.2) is 9.18 Å². The highest BCUT2D eigenvalue weighted by atomic mass is 19.4. The predicted molar refractivity (Wildman–Crippen MR) is 88.7 cm³/mol. The SMILES string of the molecule is COC1COC2(CCN(Cc3ccccc3F)CC2)C1.O=C(O)C(F)(F)F. The van der Waals surface area contributed by atoms with Gasteiger partial charge < -0.3 is 14.6 Å². The highest BCUT2D eigenvalue weighted by molar-refractivity contribution is 5.73. The van der Waals surface area contributed by atoms with Gasteiger partial charge in [0.25, 0.3) is 0 Å². The van der Waals surface area contributed by atoms with Gasteiger partial charge in [-0.3, -0.25) is 4.90 Å². The Morgan fingerprint density at radius 2 is 1.93 bits per heavy atom. The summed E-state index contributed by atoms with van der Waals surface area (Å²) in [7, 11) is 1.75. The standard InChI is InChI=1S/C16H22FNO2.C2HF3O2/c1-19-14-10-16(20-12-14)6-8-18(9-7-16)11-13-4-2-3-5-15(13)17;3-2(4,5)1(6)7/h2-5,14H,6-12H2,1H3;(H,6,7). The molecule has 2 aliphatic rings. The van der Waals surface area contributed by atoms with E-state index in [1.807, 2.05) is 12.1 Å². The van der Waals surface area contributed by atoms with Crippen LogP contribution in [0.5, 0.6) is 0 Å². The summed E-state index contributed by atoms with van der Waals surface area (Å²) >= 11 is 0. The van der Waals surface area contributed by atoms with Crippen molar-refractivity contribution in [3.8, 4) is 0 Å². The van der Waals surface area contributed by atoms with E-state index >= 15 is 0 Å². The van der Waals surface area contributed by atoms with Crippen LogP contribution in [0.4, 0.5) is 17.6 Å². The Labute approximate surface area is 154 Å². The highest BCUT2D eigenvalue weighted by Crippen LogP contribution is 2.37. The molecular weight excluding hydrogens is 370 g/mol. The lowest BCUT2D eigenvalue weighted by atomic mass is 9.88. The molecule has 2 aliphatic heterocycles. The molecule has 0 aromatic heterocycles. The van der Waals surface area contributed by atoms with E-state index in [0.717, 1.165) is 37.9 Å². The van der Waals surface area contributed by atoms with Crippen molar-refractivity contribution in [1.29, 1.82) is 0 Å². The number of benzene rings is 1. The van der Waals surface area contributed by atoms with Gasteiger partial charge in [-0.1, -0.05) is 18.2 Å². The summed E-state index contributed by atoms with van der Waals surface area (Å²) in [5.74, 6) is -2.86. The van der Waals surface area contributed by atoms with Crippen molar-refractivity contribution in [2.24, 2.45) is 0 Å². The van der Waals surface area contributed by atoms with Crippen molar-refractivity contribution in [2.45, 2.75) is 43.7 Å². The number of hydrogen-bond acceptors (Lipinski definition) is 4. The Bertz CT molecular complexity index is 630. The smallest absolute Gasteiger partial charge is 0.475 e. The van der Waals surface area contributed by atoms with E-state index in [1.54, 1.807) is 13.2 Å². The van der Waals surface area contributed by atoms with Gasteiger partial charge in [-0.2, -0.15) is 13.2 Å². The van der Waals surface area contributed by atoms with Crippen LogP contribution in [0, 0.1) is 5.82 Å². The molecule has 152 valence electrons. The number of nitrogens with zero attached hydrogens (tertiary/aromatic N) is 1. The maximum Gasteiger partial charge on any atom is 0.490 e. The summed E-state index contributed by atoms with van der Waals surface area (Å²) in [6, 6.07) is 7.03. The first-order valence-corrected chi connectivity index (χ1v) is 8.58. The molecule has 0 aliphatic carbocycles. The summed E-state index contributed by atoms with van der Waals surface area (Å²) in [6.07, 6.45) is -1.81. The first kappa shape index (κ1) is 21.6. The number of aliphatic carboxylic acids is 1. The maximum absolute atomic E-state index is 13.7. The molecule has 1 aromatic carbocycles. The highest BCUT2D eigenvalue weighted by Gasteiger charge is 2.42. The number of alkyl halides is 3. The lowest BCUT2D eigenvalue weighted by Crippen LogP contribution is -2.44. The Kier molecular flexibility index (Phi) is 7.19. The molecule has 1 unspecified atom stereocenters. The molecule has 1 N–H and O–H groups in total. The zero-order valence-electron chi connectivity index (χ0n) is 15.0. The third-order valence-corrected chi connectivity index (χ3v) is 4.87. The molecule has 0 radical (unpaired) electrons. The Balaban J connectivity index is 0.000000321. The summed E-state index contributed by atoms with van der Waals surface area (Å²) in [5.41, 5.74) is 0.789. The number of carboxylic acids is 1. The van der Waals surface area contributed by atoms with E-state index in [4.69, 9.17) is 19.4 Å². The average Bonchev–Trinajstić information content (AvgIpc) is 3.02. The fourth-order valence-corrected chi connectivity index (χ4v) is 3.29. The monoisotopic (exact) mass is 393 g/mol. The average molecular weight is 393 g/mol. The Morgan fingerprint density at radius 3 is 2.41 bits per heavy atom. The van der Waals surface area contributed by atoms with Crippen LogP contribution in [-0.4, -0.2) is 60.7 Å². The fourth-order valence-electron chi connectivity index (χ4n) is 3.29. The minimum absolute atomic E-state index is 0.00636. The topological polar surface area (TPSA) is 59.0 Å². The van der Waals surface area contributed by atoms with Crippen molar-refractivity contribution < 1.29 is 36.9 Å². The van der Waals surface area contributed by atoms with E-state index < -0.39 is 12.1 Å². The summed E-state index contributed by atoms with van der Waals surface area (Å²) in [6.45, 7) is 3.33. The minimum Gasteiger partial charge on any atom is -0.475 e.